The smallest absolute Gasteiger partial charge is 0.227 e. The zero-order valence-corrected chi connectivity index (χ0v) is 15.9. The largest absolute Gasteiger partial charge is 0.368 e. The van der Waals surface area contributed by atoms with E-state index in [1.807, 2.05) is 6.92 Å². The maximum Gasteiger partial charge on any atom is 0.227 e. The van der Waals surface area contributed by atoms with Gasteiger partial charge in [-0.05, 0) is 43.3 Å². The second-order valence-electron chi connectivity index (χ2n) is 6.89. The molecule has 0 unspecified atom stereocenters. The second kappa shape index (κ2) is 7.98. The van der Waals surface area contributed by atoms with Crippen LogP contribution in [-0.2, 0) is 0 Å². The molecule has 1 aliphatic rings. The monoisotopic (exact) mass is 399 g/mol. The Hall–Kier alpha value is -3.29. The summed E-state index contributed by atoms with van der Waals surface area (Å²) in [7, 11) is 0. The normalized spacial score (nSPS) is 14.2. The first-order valence-corrected chi connectivity index (χ1v) is 9.31. The number of anilines is 4. The molecule has 29 heavy (non-hydrogen) atoms. The molecule has 8 heteroatoms. The Bertz CT molecular complexity index is 1000. The summed E-state index contributed by atoms with van der Waals surface area (Å²) in [6.07, 6.45) is 0. The molecule has 0 atom stereocenters. The van der Waals surface area contributed by atoms with Crippen LogP contribution in [0.15, 0.2) is 48.5 Å². The van der Waals surface area contributed by atoms with Crippen molar-refractivity contribution in [2.45, 2.75) is 6.92 Å². The number of halogens is 3. The highest BCUT2D eigenvalue weighted by Crippen LogP contribution is 2.23. The lowest BCUT2D eigenvalue weighted by Gasteiger charge is -2.36. The van der Waals surface area contributed by atoms with Gasteiger partial charge in [0.25, 0.3) is 0 Å². The van der Waals surface area contributed by atoms with Crippen LogP contribution in [0, 0.1) is 24.4 Å². The Morgan fingerprint density at radius 2 is 1.45 bits per heavy atom. The van der Waals surface area contributed by atoms with Crippen molar-refractivity contribution in [3.05, 3.63) is 71.7 Å². The van der Waals surface area contributed by atoms with Crippen LogP contribution in [0.5, 0.6) is 0 Å². The van der Waals surface area contributed by atoms with Crippen LogP contribution in [0.3, 0.4) is 0 Å². The first kappa shape index (κ1) is 19.0. The van der Waals surface area contributed by atoms with Crippen LogP contribution < -0.4 is 15.1 Å². The van der Waals surface area contributed by atoms with E-state index in [2.05, 4.69) is 25.1 Å². The average Bonchev–Trinajstić information content (AvgIpc) is 2.70. The zero-order chi connectivity index (χ0) is 20.4. The van der Waals surface area contributed by atoms with Gasteiger partial charge in [-0.2, -0.15) is 4.98 Å². The lowest BCUT2D eigenvalue weighted by atomic mass is 10.2. The first-order chi connectivity index (χ1) is 14.0. The van der Waals surface area contributed by atoms with Gasteiger partial charge in [0.2, 0.25) is 5.95 Å². The third-order valence-corrected chi connectivity index (χ3v) is 4.79. The summed E-state index contributed by atoms with van der Waals surface area (Å²) in [5.41, 5.74) is 1.86. The lowest BCUT2D eigenvalue weighted by molar-refractivity contribution is 0.586. The molecule has 150 valence electrons. The van der Waals surface area contributed by atoms with Crippen LogP contribution in [0.2, 0.25) is 0 Å². The van der Waals surface area contributed by atoms with Gasteiger partial charge in [0.1, 0.15) is 23.3 Å². The van der Waals surface area contributed by atoms with E-state index in [-0.39, 0.29) is 11.5 Å². The molecular weight excluding hydrogens is 379 g/mol. The van der Waals surface area contributed by atoms with Gasteiger partial charge in [0.15, 0.2) is 0 Å². The Morgan fingerprint density at radius 1 is 0.793 bits per heavy atom. The molecule has 2 aromatic carbocycles. The number of nitrogens with one attached hydrogen (secondary N) is 1. The number of benzene rings is 2. The molecule has 1 aromatic heterocycles. The van der Waals surface area contributed by atoms with Crippen LogP contribution in [0.25, 0.3) is 0 Å². The zero-order valence-electron chi connectivity index (χ0n) is 15.9. The van der Waals surface area contributed by atoms with Crippen LogP contribution in [-0.4, -0.2) is 36.1 Å². The Kier molecular flexibility index (Phi) is 5.24. The minimum absolute atomic E-state index is 0.150. The quantitative estimate of drug-likeness (QED) is 0.710. The number of rotatable bonds is 4. The molecule has 1 saturated heterocycles. The summed E-state index contributed by atoms with van der Waals surface area (Å²) in [6.45, 7) is 4.74. The minimum atomic E-state index is -0.685. The van der Waals surface area contributed by atoms with Crippen molar-refractivity contribution in [2.75, 3.05) is 41.3 Å². The minimum Gasteiger partial charge on any atom is -0.368 e. The fraction of sp³-hybridized carbons (Fsp3) is 0.238. The van der Waals surface area contributed by atoms with Crippen molar-refractivity contribution in [2.24, 2.45) is 0 Å². The van der Waals surface area contributed by atoms with Crippen molar-refractivity contribution in [3.63, 3.8) is 0 Å². The first-order valence-electron chi connectivity index (χ1n) is 9.31. The number of aromatic nitrogens is 2. The summed E-state index contributed by atoms with van der Waals surface area (Å²) in [5.74, 6) is -0.576. The molecule has 0 aliphatic carbocycles. The summed E-state index contributed by atoms with van der Waals surface area (Å²) < 4.78 is 40.2. The predicted octanol–water partition coefficient (Wildman–Crippen LogP) is 4.27. The van der Waals surface area contributed by atoms with Crippen molar-refractivity contribution in [1.29, 1.82) is 0 Å². The number of hydrogen-bond acceptors (Lipinski definition) is 5. The molecule has 0 radical (unpaired) electrons. The van der Waals surface area contributed by atoms with E-state index in [1.54, 1.807) is 18.2 Å². The highest BCUT2D eigenvalue weighted by atomic mass is 19.1. The molecule has 4 rings (SSSR count). The fourth-order valence-corrected chi connectivity index (χ4v) is 3.30. The summed E-state index contributed by atoms with van der Waals surface area (Å²) in [4.78, 5) is 13.2. The summed E-state index contributed by atoms with van der Waals surface area (Å²) >= 11 is 0. The molecule has 3 aromatic rings. The Balaban J connectivity index is 1.47. The maximum atomic E-state index is 13.9. The molecule has 0 bridgehead atoms. The molecule has 1 N–H and O–H groups in total. The lowest BCUT2D eigenvalue weighted by Crippen LogP contribution is -2.47. The van der Waals surface area contributed by atoms with Crippen molar-refractivity contribution >= 4 is 23.1 Å². The molecule has 0 spiro atoms. The van der Waals surface area contributed by atoms with Gasteiger partial charge in [0.05, 0.1) is 5.69 Å². The van der Waals surface area contributed by atoms with E-state index in [1.165, 1.54) is 24.3 Å². The number of piperazine rings is 1. The van der Waals surface area contributed by atoms with Gasteiger partial charge in [-0.1, -0.05) is 0 Å². The van der Waals surface area contributed by atoms with Crippen molar-refractivity contribution in [1.82, 2.24) is 9.97 Å². The predicted molar refractivity (Wildman–Crippen MR) is 107 cm³/mol. The van der Waals surface area contributed by atoms with Crippen LogP contribution in [0.1, 0.15) is 5.69 Å². The molecule has 1 aliphatic heterocycles. The highest BCUT2D eigenvalue weighted by Gasteiger charge is 2.20. The third-order valence-electron chi connectivity index (χ3n) is 4.79. The third kappa shape index (κ3) is 4.42. The standard InChI is InChI=1S/C21H20F3N5/c1-14-12-20(26-19-7-4-16(23)13-18(19)24)27-21(25-14)29-10-8-28(9-11-29)17-5-2-15(22)3-6-17/h2-7,12-13H,8-11H2,1H3,(H,25,26,27). The average molecular weight is 399 g/mol. The molecule has 1 fully saturated rings. The van der Waals surface area contributed by atoms with Crippen molar-refractivity contribution in [3.8, 4) is 0 Å². The number of aryl methyl sites for hydroxylation is 1. The molecule has 2 heterocycles. The van der Waals surface area contributed by atoms with E-state index in [4.69, 9.17) is 0 Å². The van der Waals surface area contributed by atoms with Gasteiger partial charge in [-0.3, -0.25) is 0 Å². The molecule has 5 nitrogen and oxygen atoms in total. The fourth-order valence-electron chi connectivity index (χ4n) is 3.30. The highest BCUT2D eigenvalue weighted by molar-refractivity contribution is 5.58. The molecule has 0 saturated carbocycles. The van der Waals surface area contributed by atoms with Gasteiger partial charge in [0, 0.05) is 49.7 Å². The van der Waals surface area contributed by atoms with Gasteiger partial charge in [-0.15, -0.1) is 0 Å². The van der Waals surface area contributed by atoms with Gasteiger partial charge in [-0.25, -0.2) is 18.2 Å². The van der Waals surface area contributed by atoms with Crippen molar-refractivity contribution < 1.29 is 13.2 Å². The van der Waals surface area contributed by atoms with Gasteiger partial charge >= 0.3 is 0 Å². The second-order valence-corrected chi connectivity index (χ2v) is 6.89. The number of hydrogen-bond donors (Lipinski definition) is 1. The van der Waals surface area contributed by atoms with E-state index in [0.717, 1.165) is 30.5 Å². The van der Waals surface area contributed by atoms with Gasteiger partial charge < -0.3 is 15.1 Å². The summed E-state index contributed by atoms with van der Waals surface area (Å²) in [6, 6.07) is 11.5. The maximum absolute atomic E-state index is 13.9. The molecule has 0 amide bonds. The van der Waals surface area contributed by atoms with E-state index in [0.29, 0.717) is 24.9 Å². The summed E-state index contributed by atoms with van der Waals surface area (Å²) in [5, 5.41) is 2.89. The Morgan fingerprint density at radius 3 is 2.14 bits per heavy atom. The van der Waals surface area contributed by atoms with Crippen LogP contribution >= 0.6 is 0 Å². The SMILES string of the molecule is Cc1cc(Nc2ccc(F)cc2F)nc(N2CCN(c3ccc(F)cc3)CC2)n1. The Labute approximate surface area is 166 Å². The van der Waals surface area contributed by atoms with E-state index >= 15 is 0 Å². The molecular formula is C21H20F3N5. The topological polar surface area (TPSA) is 44.3 Å². The van der Waals surface area contributed by atoms with E-state index in [9.17, 15) is 13.2 Å². The van der Waals surface area contributed by atoms with Crippen LogP contribution in [0.4, 0.5) is 36.3 Å². The number of nitrogens with zero attached hydrogens (tertiary/aromatic N) is 4. The van der Waals surface area contributed by atoms with E-state index < -0.39 is 11.6 Å².